The summed E-state index contributed by atoms with van der Waals surface area (Å²) in [7, 11) is 1.66. The molecular formula is C16H23N7O2. The van der Waals surface area contributed by atoms with E-state index in [1.807, 2.05) is 22.6 Å². The van der Waals surface area contributed by atoms with E-state index in [-0.39, 0.29) is 5.91 Å². The van der Waals surface area contributed by atoms with Gasteiger partial charge in [-0.2, -0.15) is 0 Å². The van der Waals surface area contributed by atoms with Crippen molar-refractivity contribution in [2.24, 2.45) is 4.99 Å². The molecular weight excluding hydrogens is 322 g/mol. The Labute approximate surface area is 146 Å². The molecule has 1 aromatic rings. The molecule has 0 saturated carbocycles. The molecule has 0 aromatic carbocycles. The normalized spacial score (nSPS) is 24.3. The second-order valence-electron chi connectivity index (χ2n) is 6.38. The van der Waals surface area contributed by atoms with Crippen molar-refractivity contribution >= 4 is 17.9 Å². The third-order valence-corrected chi connectivity index (χ3v) is 4.26. The molecule has 0 radical (unpaired) electrons. The molecule has 2 atom stereocenters. The molecule has 9 nitrogen and oxygen atoms in total. The van der Waals surface area contributed by atoms with Gasteiger partial charge in [-0.1, -0.05) is 12.2 Å². The highest BCUT2D eigenvalue weighted by Gasteiger charge is 2.49. The molecule has 25 heavy (non-hydrogen) atoms. The number of hydrogen-bond donors (Lipinski definition) is 2. The van der Waals surface area contributed by atoms with Gasteiger partial charge in [0.25, 0.3) is 5.91 Å². The molecule has 0 spiro atoms. The number of nitrogens with one attached hydrogen (secondary N) is 2. The van der Waals surface area contributed by atoms with E-state index in [0.29, 0.717) is 19.0 Å². The fourth-order valence-corrected chi connectivity index (χ4v) is 3.04. The van der Waals surface area contributed by atoms with E-state index in [1.165, 1.54) is 4.90 Å². The number of urea groups is 1. The van der Waals surface area contributed by atoms with E-state index >= 15 is 0 Å². The van der Waals surface area contributed by atoms with Gasteiger partial charge in [0.2, 0.25) is 0 Å². The Bertz CT molecular complexity index is 697. The number of carbonyl (C=O) groups is 2. The van der Waals surface area contributed by atoms with Crippen LogP contribution in [0.5, 0.6) is 0 Å². The zero-order valence-corrected chi connectivity index (χ0v) is 14.5. The number of imide groups is 1. The molecule has 2 N–H and O–H groups in total. The number of carbonyl (C=O) groups excluding carboxylic acids is 2. The highest BCUT2D eigenvalue weighted by molar-refractivity contribution is 6.04. The quantitative estimate of drug-likeness (QED) is 0.558. The third kappa shape index (κ3) is 3.49. The highest BCUT2D eigenvalue weighted by Crippen LogP contribution is 2.21. The lowest BCUT2D eigenvalue weighted by Gasteiger charge is -2.35. The predicted octanol–water partition coefficient (Wildman–Crippen LogP) is -0.0132. The number of amides is 3. The van der Waals surface area contributed by atoms with Crippen LogP contribution in [0.3, 0.4) is 0 Å². The van der Waals surface area contributed by atoms with Gasteiger partial charge in [0, 0.05) is 39.1 Å². The van der Waals surface area contributed by atoms with Crippen molar-refractivity contribution in [1.82, 2.24) is 30.0 Å². The number of hydrogen-bond acceptors (Lipinski definition) is 4. The minimum atomic E-state index is -0.508. The number of aryl methyl sites for hydroxylation is 1. The van der Waals surface area contributed by atoms with Crippen LogP contribution in [-0.2, 0) is 11.3 Å². The van der Waals surface area contributed by atoms with Crippen LogP contribution in [0.25, 0.3) is 0 Å². The van der Waals surface area contributed by atoms with Crippen molar-refractivity contribution in [2.75, 3.05) is 20.1 Å². The maximum absolute atomic E-state index is 12.3. The summed E-state index contributed by atoms with van der Waals surface area (Å²) >= 11 is 0. The molecule has 2 saturated heterocycles. The fraction of sp³-hybridized carbons (Fsp3) is 0.500. The van der Waals surface area contributed by atoms with Crippen LogP contribution < -0.4 is 10.6 Å². The Kier molecular flexibility index (Phi) is 4.73. The smallest absolute Gasteiger partial charge is 0.325 e. The number of imidazole rings is 1. The lowest BCUT2D eigenvalue weighted by Crippen LogP contribution is -2.64. The zero-order valence-electron chi connectivity index (χ0n) is 14.5. The van der Waals surface area contributed by atoms with Crippen molar-refractivity contribution in [3.8, 4) is 0 Å². The summed E-state index contributed by atoms with van der Waals surface area (Å²) in [6.45, 7) is 7.76. The molecule has 9 heteroatoms. The van der Waals surface area contributed by atoms with Gasteiger partial charge < -0.3 is 19.7 Å². The average Bonchev–Trinajstić information content (AvgIpc) is 3.17. The van der Waals surface area contributed by atoms with Gasteiger partial charge in [0.1, 0.15) is 6.17 Å². The van der Waals surface area contributed by atoms with Crippen molar-refractivity contribution < 1.29 is 9.59 Å². The minimum Gasteiger partial charge on any atom is -0.337 e. The Morgan fingerprint density at radius 3 is 2.92 bits per heavy atom. The van der Waals surface area contributed by atoms with Crippen LogP contribution in [0.2, 0.25) is 0 Å². The van der Waals surface area contributed by atoms with E-state index in [2.05, 4.69) is 27.2 Å². The van der Waals surface area contributed by atoms with Crippen LogP contribution in [0.4, 0.5) is 4.79 Å². The first-order chi connectivity index (χ1) is 12.0. The molecule has 2 unspecified atom stereocenters. The molecule has 2 fully saturated rings. The molecule has 0 aliphatic carbocycles. The number of rotatable bonds is 6. The van der Waals surface area contributed by atoms with Crippen LogP contribution in [0, 0.1) is 0 Å². The summed E-state index contributed by atoms with van der Waals surface area (Å²) < 4.78 is 1.99. The second-order valence-corrected chi connectivity index (χ2v) is 6.38. The number of fused-ring (bicyclic) bond motifs is 1. The number of nitrogens with zero attached hydrogens (tertiary/aromatic N) is 5. The van der Waals surface area contributed by atoms with E-state index in [0.717, 1.165) is 18.5 Å². The molecule has 2 aliphatic rings. The van der Waals surface area contributed by atoms with E-state index < -0.39 is 18.2 Å². The van der Waals surface area contributed by atoms with E-state index in [4.69, 9.17) is 0 Å². The Hall–Kier alpha value is -2.84. The van der Waals surface area contributed by atoms with Gasteiger partial charge in [-0.25, -0.2) is 9.78 Å². The van der Waals surface area contributed by atoms with Crippen molar-refractivity contribution in [2.45, 2.75) is 32.1 Å². The van der Waals surface area contributed by atoms with Gasteiger partial charge in [0.05, 0.1) is 6.33 Å². The predicted molar refractivity (Wildman–Crippen MR) is 92.7 cm³/mol. The molecule has 0 bridgehead atoms. The number of guanidine groups is 1. The van der Waals surface area contributed by atoms with Gasteiger partial charge >= 0.3 is 6.03 Å². The first kappa shape index (κ1) is 17.0. The van der Waals surface area contributed by atoms with Gasteiger partial charge in [0.15, 0.2) is 12.0 Å². The highest BCUT2D eigenvalue weighted by atomic mass is 16.2. The Balaban J connectivity index is 1.72. The maximum atomic E-state index is 12.3. The van der Waals surface area contributed by atoms with Crippen molar-refractivity contribution in [3.05, 3.63) is 30.9 Å². The summed E-state index contributed by atoms with van der Waals surface area (Å²) in [4.78, 5) is 36.2. The third-order valence-electron chi connectivity index (χ3n) is 4.26. The summed E-state index contributed by atoms with van der Waals surface area (Å²) in [5.41, 5.74) is 0.918. The lowest BCUT2D eigenvalue weighted by molar-refractivity contribution is -0.126. The second kappa shape index (κ2) is 6.96. The number of likely N-dealkylation sites (N-methyl/N-ethyl adjacent to an activating group) is 1. The maximum Gasteiger partial charge on any atom is 0.325 e. The molecule has 3 amide bonds. The fourth-order valence-electron chi connectivity index (χ4n) is 3.04. The first-order valence-corrected chi connectivity index (χ1v) is 8.23. The molecule has 3 heterocycles. The summed E-state index contributed by atoms with van der Waals surface area (Å²) in [6, 6.07) is -0.915. The number of aliphatic imine (C=N–C) groups is 1. The Morgan fingerprint density at radius 1 is 1.44 bits per heavy atom. The topological polar surface area (TPSA) is 94.9 Å². The largest absolute Gasteiger partial charge is 0.337 e. The summed E-state index contributed by atoms with van der Waals surface area (Å²) in [5.74, 6) is 0.311. The monoisotopic (exact) mass is 345 g/mol. The van der Waals surface area contributed by atoms with Gasteiger partial charge in [-0.05, 0) is 13.3 Å². The van der Waals surface area contributed by atoms with E-state index in [1.54, 1.807) is 19.6 Å². The summed E-state index contributed by atoms with van der Waals surface area (Å²) in [6.07, 6.45) is 5.85. The van der Waals surface area contributed by atoms with Crippen LogP contribution in [-0.4, -0.2) is 69.6 Å². The summed E-state index contributed by atoms with van der Waals surface area (Å²) in [5, 5.41) is 5.59. The lowest BCUT2D eigenvalue weighted by atomic mass is 10.1. The van der Waals surface area contributed by atoms with Crippen LogP contribution in [0.1, 0.15) is 13.3 Å². The standard InChI is InChI=1S/C16H23N7O2/c1-11(2)9-23-12-13(21(3)16(25)20-14(12)24)19-15(23)18-5-4-7-22-8-6-17-10-22/h6,8,10,12-13H,1,4-5,7,9H2,2-3H3,(H,18,19)(H,20,24,25). The molecule has 1 aromatic heterocycles. The Morgan fingerprint density at radius 2 is 2.24 bits per heavy atom. The SMILES string of the molecule is C=C(C)CN1C(=NCCCn2ccnc2)NC2C1C(=O)NC(=O)N2C. The minimum absolute atomic E-state index is 0.314. The van der Waals surface area contributed by atoms with Gasteiger partial charge in [-0.3, -0.25) is 15.1 Å². The zero-order chi connectivity index (χ0) is 18.0. The first-order valence-electron chi connectivity index (χ1n) is 8.23. The van der Waals surface area contributed by atoms with Crippen molar-refractivity contribution in [3.63, 3.8) is 0 Å². The number of aromatic nitrogens is 2. The molecule has 134 valence electrons. The molecule has 3 rings (SSSR count). The molecule has 2 aliphatic heterocycles. The van der Waals surface area contributed by atoms with Crippen molar-refractivity contribution in [1.29, 1.82) is 0 Å². The average molecular weight is 345 g/mol. The van der Waals surface area contributed by atoms with Gasteiger partial charge in [-0.15, -0.1) is 0 Å². The van der Waals surface area contributed by atoms with E-state index in [9.17, 15) is 9.59 Å². The van der Waals surface area contributed by atoms with Crippen LogP contribution in [0.15, 0.2) is 35.9 Å². The van der Waals surface area contributed by atoms with Crippen LogP contribution >= 0.6 is 0 Å².